The zero-order chi connectivity index (χ0) is 14.2. The minimum atomic E-state index is -0.327. The molecule has 0 radical (unpaired) electrons. The number of nitrogens with one attached hydrogen (secondary N) is 1. The zero-order valence-corrected chi connectivity index (χ0v) is 12.5. The van der Waals surface area contributed by atoms with Gasteiger partial charge in [-0.3, -0.25) is 9.59 Å². The van der Waals surface area contributed by atoms with Crippen LogP contribution in [0.25, 0.3) is 0 Å². The van der Waals surface area contributed by atoms with Crippen molar-refractivity contribution >= 4 is 11.8 Å². The standard InChI is InChI=1S/C15H26N2O2/c1-5-11-14(19)17(15(6-2)8-7-9-15)12(10(3)4)13(18)16-11/h10-12H,5-9H2,1-4H3,(H,16,18). The highest BCUT2D eigenvalue weighted by Gasteiger charge is 2.52. The van der Waals surface area contributed by atoms with Crippen LogP contribution in [0.15, 0.2) is 0 Å². The van der Waals surface area contributed by atoms with E-state index in [1.54, 1.807) is 0 Å². The summed E-state index contributed by atoms with van der Waals surface area (Å²) in [5.74, 6) is 0.314. The molecule has 2 atom stereocenters. The predicted octanol–water partition coefficient (Wildman–Crippen LogP) is 2.08. The summed E-state index contributed by atoms with van der Waals surface area (Å²) in [6.45, 7) is 8.14. The lowest BCUT2D eigenvalue weighted by molar-refractivity contribution is -0.165. The molecule has 4 nitrogen and oxygen atoms in total. The average Bonchev–Trinajstić information content (AvgIpc) is 2.31. The van der Waals surface area contributed by atoms with Crippen LogP contribution in [-0.4, -0.2) is 34.3 Å². The van der Waals surface area contributed by atoms with Crippen molar-refractivity contribution in [2.45, 2.75) is 77.4 Å². The van der Waals surface area contributed by atoms with Crippen LogP contribution in [0.1, 0.15) is 59.8 Å². The molecule has 1 aliphatic heterocycles. The minimum absolute atomic E-state index is 0.0289. The molecule has 1 heterocycles. The lowest BCUT2D eigenvalue weighted by Crippen LogP contribution is -2.72. The van der Waals surface area contributed by atoms with E-state index >= 15 is 0 Å². The molecule has 0 aromatic heterocycles. The van der Waals surface area contributed by atoms with Crippen LogP contribution in [0.3, 0.4) is 0 Å². The number of carbonyl (C=O) groups excluding carboxylic acids is 2. The van der Waals surface area contributed by atoms with E-state index in [1.807, 2.05) is 25.7 Å². The summed E-state index contributed by atoms with van der Waals surface area (Å²) in [5, 5.41) is 2.89. The van der Waals surface area contributed by atoms with Gasteiger partial charge in [0.1, 0.15) is 12.1 Å². The first-order valence-corrected chi connectivity index (χ1v) is 7.60. The molecular formula is C15H26N2O2. The summed E-state index contributed by atoms with van der Waals surface area (Å²) >= 11 is 0. The van der Waals surface area contributed by atoms with Crippen molar-refractivity contribution in [1.82, 2.24) is 10.2 Å². The summed E-state index contributed by atoms with van der Waals surface area (Å²) in [6, 6.07) is -0.623. The highest BCUT2D eigenvalue weighted by molar-refractivity contribution is 5.97. The van der Waals surface area contributed by atoms with Crippen LogP contribution in [0.4, 0.5) is 0 Å². The van der Waals surface area contributed by atoms with Gasteiger partial charge in [-0.2, -0.15) is 0 Å². The number of hydrogen-bond acceptors (Lipinski definition) is 2. The quantitative estimate of drug-likeness (QED) is 0.847. The molecule has 2 fully saturated rings. The minimum Gasteiger partial charge on any atom is -0.343 e. The van der Waals surface area contributed by atoms with Gasteiger partial charge in [0.15, 0.2) is 0 Å². The summed E-state index contributed by atoms with van der Waals surface area (Å²) in [4.78, 5) is 27.0. The van der Waals surface area contributed by atoms with Gasteiger partial charge in [0.2, 0.25) is 11.8 Å². The summed E-state index contributed by atoms with van der Waals surface area (Å²) in [5.41, 5.74) is -0.0583. The molecule has 2 amide bonds. The van der Waals surface area contributed by atoms with Crippen LogP contribution < -0.4 is 5.32 Å². The first-order valence-electron chi connectivity index (χ1n) is 7.60. The largest absolute Gasteiger partial charge is 0.343 e. The summed E-state index contributed by atoms with van der Waals surface area (Å²) in [7, 11) is 0. The summed E-state index contributed by atoms with van der Waals surface area (Å²) < 4.78 is 0. The highest BCUT2D eigenvalue weighted by Crippen LogP contribution is 2.43. The maximum atomic E-state index is 12.7. The molecular weight excluding hydrogens is 240 g/mol. The Bertz CT molecular complexity index is 369. The number of nitrogens with zero attached hydrogens (tertiary/aromatic N) is 1. The van der Waals surface area contributed by atoms with Gasteiger partial charge in [0, 0.05) is 5.54 Å². The molecule has 2 unspecified atom stereocenters. The van der Waals surface area contributed by atoms with Crippen LogP contribution in [-0.2, 0) is 9.59 Å². The van der Waals surface area contributed by atoms with Crippen LogP contribution in [0.2, 0.25) is 0 Å². The van der Waals surface area contributed by atoms with Gasteiger partial charge < -0.3 is 10.2 Å². The van der Waals surface area contributed by atoms with E-state index in [-0.39, 0.29) is 35.4 Å². The normalized spacial score (nSPS) is 30.3. The monoisotopic (exact) mass is 266 g/mol. The summed E-state index contributed by atoms with van der Waals surface area (Å²) in [6.07, 6.45) is 4.88. The Morgan fingerprint density at radius 2 is 1.95 bits per heavy atom. The lowest BCUT2D eigenvalue weighted by Gasteiger charge is -2.56. The van der Waals surface area contributed by atoms with Crippen LogP contribution in [0.5, 0.6) is 0 Å². The average molecular weight is 266 g/mol. The van der Waals surface area contributed by atoms with E-state index in [0.29, 0.717) is 6.42 Å². The Morgan fingerprint density at radius 1 is 1.32 bits per heavy atom. The van der Waals surface area contributed by atoms with Crippen molar-refractivity contribution in [3.63, 3.8) is 0 Å². The second kappa shape index (κ2) is 5.14. The van der Waals surface area contributed by atoms with Crippen LogP contribution in [0, 0.1) is 5.92 Å². The number of carbonyl (C=O) groups is 2. The molecule has 1 saturated carbocycles. The van der Waals surface area contributed by atoms with Gasteiger partial charge >= 0.3 is 0 Å². The third-order valence-corrected chi connectivity index (χ3v) is 4.89. The van der Waals surface area contributed by atoms with Gasteiger partial charge in [-0.05, 0) is 38.0 Å². The molecule has 0 spiro atoms. The Hall–Kier alpha value is -1.06. The fourth-order valence-corrected chi connectivity index (χ4v) is 3.50. The number of rotatable bonds is 4. The first kappa shape index (κ1) is 14.4. The second-order valence-electron chi connectivity index (χ2n) is 6.30. The van der Waals surface area contributed by atoms with E-state index in [2.05, 4.69) is 12.2 Å². The van der Waals surface area contributed by atoms with E-state index in [1.165, 1.54) is 6.42 Å². The Labute approximate surface area is 115 Å². The Balaban J connectivity index is 2.37. The smallest absolute Gasteiger partial charge is 0.246 e. The van der Waals surface area contributed by atoms with Gasteiger partial charge in [-0.1, -0.05) is 27.7 Å². The second-order valence-corrected chi connectivity index (χ2v) is 6.30. The fraction of sp³-hybridized carbons (Fsp3) is 0.867. The molecule has 1 N–H and O–H groups in total. The molecule has 19 heavy (non-hydrogen) atoms. The Morgan fingerprint density at radius 3 is 2.32 bits per heavy atom. The Kier molecular flexibility index (Phi) is 3.88. The predicted molar refractivity (Wildman–Crippen MR) is 74.6 cm³/mol. The van der Waals surface area contributed by atoms with Crippen molar-refractivity contribution in [2.24, 2.45) is 5.92 Å². The van der Waals surface area contributed by atoms with Gasteiger partial charge in [0.05, 0.1) is 0 Å². The first-order chi connectivity index (χ1) is 8.96. The van der Waals surface area contributed by atoms with E-state index in [4.69, 9.17) is 0 Å². The topological polar surface area (TPSA) is 49.4 Å². The van der Waals surface area contributed by atoms with Crippen molar-refractivity contribution in [2.75, 3.05) is 0 Å². The molecule has 0 bridgehead atoms. The van der Waals surface area contributed by atoms with E-state index < -0.39 is 0 Å². The van der Waals surface area contributed by atoms with Crippen molar-refractivity contribution < 1.29 is 9.59 Å². The van der Waals surface area contributed by atoms with E-state index in [0.717, 1.165) is 19.3 Å². The molecule has 2 rings (SSSR count). The molecule has 1 saturated heterocycles. The fourth-order valence-electron chi connectivity index (χ4n) is 3.50. The maximum Gasteiger partial charge on any atom is 0.246 e. The van der Waals surface area contributed by atoms with Gasteiger partial charge in [-0.25, -0.2) is 0 Å². The molecule has 0 aromatic rings. The highest BCUT2D eigenvalue weighted by atomic mass is 16.2. The molecule has 1 aliphatic carbocycles. The van der Waals surface area contributed by atoms with Crippen molar-refractivity contribution in [3.8, 4) is 0 Å². The molecule has 2 aliphatic rings. The number of piperazine rings is 1. The third kappa shape index (κ3) is 2.15. The third-order valence-electron chi connectivity index (χ3n) is 4.89. The number of amides is 2. The lowest BCUT2D eigenvalue weighted by atomic mass is 9.71. The van der Waals surface area contributed by atoms with Gasteiger partial charge in [-0.15, -0.1) is 0 Å². The van der Waals surface area contributed by atoms with Crippen LogP contribution >= 0.6 is 0 Å². The van der Waals surface area contributed by atoms with Crippen molar-refractivity contribution in [1.29, 1.82) is 0 Å². The zero-order valence-electron chi connectivity index (χ0n) is 12.5. The van der Waals surface area contributed by atoms with Gasteiger partial charge in [0.25, 0.3) is 0 Å². The maximum absolute atomic E-state index is 12.7. The van der Waals surface area contributed by atoms with E-state index in [9.17, 15) is 9.59 Å². The molecule has 4 heteroatoms. The van der Waals surface area contributed by atoms with Crippen molar-refractivity contribution in [3.05, 3.63) is 0 Å². The molecule has 108 valence electrons. The number of hydrogen-bond donors (Lipinski definition) is 1. The molecule has 0 aromatic carbocycles. The SMILES string of the molecule is CCC1NC(=O)C(C(C)C)N(C2(CC)CCC2)C1=O.